The minimum absolute atomic E-state index is 0.00417. The van der Waals surface area contributed by atoms with Gasteiger partial charge in [0.15, 0.2) is 5.03 Å². The molecule has 0 amide bonds. The number of β-amino-alcohol motifs (C(OH)–C–C–N with tert-alkyl or cyclic N) is 1. The molecule has 2 N–H and O–H groups in total. The molecule has 0 bridgehead atoms. The van der Waals surface area contributed by atoms with E-state index in [2.05, 4.69) is 9.83 Å². The zero-order valence-corrected chi connectivity index (χ0v) is 17.4. The summed E-state index contributed by atoms with van der Waals surface area (Å²) in [5.41, 5.74) is -2.14. The molecule has 1 aliphatic rings. The SMILES string of the molecule is [C-]#[N+]c1ccc(O[C@H]2CN(S(=O)(=O)c3ccc(Cl)cn3)C[C@@]2(O)[C@H](O)CC)cc1F. The van der Waals surface area contributed by atoms with Crippen molar-refractivity contribution >= 4 is 27.3 Å². The topological polar surface area (TPSA) is 104 Å². The number of halogens is 2. The van der Waals surface area contributed by atoms with Gasteiger partial charge in [0.05, 0.1) is 24.2 Å². The Labute approximate surface area is 178 Å². The lowest BCUT2D eigenvalue weighted by Crippen LogP contribution is -2.54. The van der Waals surface area contributed by atoms with Gasteiger partial charge < -0.3 is 14.9 Å². The normalized spacial score (nSPS) is 23.1. The first-order valence-corrected chi connectivity index (χ1v) is 10.8. The number of benzene rings is 1. The molecular formula is C19H19ClFN3O5S. The minimum atomic E-state index is -4.11. The smallest absolute Gasteiger partial charge is 0.260 e. The van der Waals surface area contributed by atoms with Crippen LogP contribution in [0, 0.1) is 12.4 Å². The van der Waals surface area contributed by atoms with Crippen molar-refractivity contribution < 1.29 is 27.8 Å². The quantitative estimate of drug-likeness (QED) is 0.648. The molecule has 30 heavy (non-hydrogen) atoms. The molecule has 11 heteroatoms. The zero-order chi connectivity index (χ0) is 22.1. The van der Waals surface area contributed by atoms with Crippen LogP contribution in [0.2, 0.25) is 5.02 Å². The van der Waals surface area contributed by atoms with Gasteiger partial charge in [-0.1, -0.05) is 18.5 Å². The molecule has 2 aromatic rings. The average Bonchev–Trinajstić information content (AvgIpc) is 3.06. The molecule has 1 fully saturated rings. The van der Waals surface area contributed by atoms with Crippen molar-refractivity contribution in [2.45, 2.75) is 36.2 Å². The maximum Gasteiger partial charge on any atom is 0.260 e. The van der Waals surface area contributed by atoms with Crippen LogP contribution in [0.4, 0.5) is 10.1 Å². The molecule has 1 aromatic heterocycles. The first-order chi connectivity index (χ1) is 14.1. The number of aromatic nitrogens is 1. The number of hydrogen-bond donors (Lipinski definition) is 2. The number of pyridine rings is 1. The number of ether oxygens (including phenoxy) is 1. The molecule has 0 radical (unpaired) electrons. The Balaban J connectivity index is 1.93. The average molecular weight is 456 g/mol. The first-order valence-electron chi connectivity index (χ1n) is 8.97. The van der Waals surface area contributed by atoms with E-state index in [-0.39, 0.29) is 34.5 Å². The van der Waals surface area contributed by atoms with Gasteiger partial charge in [-0.15, -0.1) is 0 Å². The Bertz CT molecular complexity index is 1080. The van der Waals surface area contributed by atoms with Crippen LogP contribution in [-0.4, -0.2) is 58.8 Å². The summed E-state index contributed by atoms with van der Waals surface area (Å²) in [7, 11) is -4.11. The number of aliphatic hydroxyl groups excluding tert-OH is 1. The lowest BCUT2D eigenvalue weighted by molar-refractivity contribution is -0.112. The lowest BCUT2D eigenvalue weighted by Gasteiger charge is -2.33. The van der Waals surface area contributed by atoms with E-state index in [1.165, 1.54) is 30.5 Å². The van der Waals surface area contributed by atoms with Crippen molar-refractivity contribution in [1.29, 1.82) is 0 Å². The van der Waals surface area contributed by atoms with Crippen LogP contribution >= 0.6 is 11.6 Å². The van der Waals surface area contributed by atoms with E-state index in [4.69, 9.17) is 22.9 Å². The van der Waals surface area contributed by atoms with E-state index < -0.39 is 40.2 Å². The highest BCUT2D eigenvalue weighted by molar-refractivity contribution is 7.89. The highest BCUT2D eigenvalue weighted by Crippen LogP contribution is 2.34. The van der Waals surface area contributed by atoms with Gasteiger partial charge in [-0.05, 0) is 30.7 Å². The van der Waals surface area contributed by atoms with Crippen LogP contribution in [0.15, 0.2) is 41.6 Å². The number of nitrogens with zero attached hydrogens (tertiary/aromatic N) is 3. The standard InChI is InChI=1S/C19H19ClFN3O5S/c1-3-16(25)19(26)11-24(30(27,28)18-7-4-12(20)9-23-18)10-17(19)29-13-5-6-15(22-2)14(21)8-13/h4-9,16-17,25-26H,3,10-11H2,1H3/t16-,17+,19-/m1/s1. The monoisotopic (exact) mass is 455 g/mol. The van der Waals surface area contributed by atoms with Gasteiger partial charge in [-0.3, -0.25) is 0 Å². The summed E-state index contributed by atoms with van der Waals surface area (Å²) in [5, 5.41) is 21.5. The molecule has 160 valence electrons. The van der Waals surface area contributed by atoms with Gasteiger partial charge >= 0.3 is 0 Å². The third-order valence-electron chi connectivity index (χ3n) is 4.94. The van der Waals surface area contributed by atoms with Crippen LogP contribution in [-0.2, 0) is 10.0 Å². The number of hydrogen-bond acceptors (Lipinski definition) is 6. The van der Waals surface area contributed by atoms with E-state index in [9.17, 15) is 23.0 Å². The number of aliphatic hydroxyl groups is 2. The molecule has 0 unspecified atom stereocenters. The molecule has 0 spiro atoms. The Morgan fingerprint density at radius 1 is 1.47 bits per heavy atom. The predicted octanol–water partition coefficient (Wildman–Crippen LogP) is 2.38. The second kappa shape index (κ2) is 8.45. The third-order valence-corrected chi connectivity index (χ3v) is 6.89. The van der Waals surface area contributed by atoms with Crippen molar-refractivity contribution in [3.63, 3.8) is 0 Å². The molecule has 1 aromatic carbocycles. The summed E-state index contributed by atoms with van der Waals surface area (Å²) in [6.45, 7) is 7.78. The van der Waals surface area contributed by atoms with E-state index in [1.807, 2.05) is 0 Å². The van der Waals surface area contributed by atoms with Crippen LogP contribution in [0.5, 0.6) is 5.75 Å². The van der Waals surface area contributed by atoms with Crippen LogP contribution in [0.25, 0.3) is 4.85 Å². The summed E-state index contributed by atoms with van der Waals surface area (Å²) in [5.74, 6) is -0.814. The third kappa shape index (κ3) is 4.12. The van der Waals surface area contributed by atoms with Crippen molar-refractivity contribution in [3.05, 3.63) is 58.8 Å². The van der Waals surface area contributed by atoms with Crippen molar-refractivity contribution in [2.75, 3.05) is 13.1 Å². The highest BCUT2D eigenvalue weighted by Gasteiger charge is 2.54. The fourth-order valence-electron chi connectivity index (χ4n) is 3.25. The van der Waals surface area contributed by atoms with Gasteiger partial charge in [0.2, 0.25) is 5.69 Å². The van der Waals surface area contributed by atoms with Gasteiger partial charge in [-0.2, -0.15) is 4.31 Å². The van der Waals surface area contributed by atoms with E-state index >= 15 is 0 Å². The Morgan fingerprint density at radius 3 is 2.77 bits per heavy atom. The molecule has 0 saturated carbocycles. The molecule has 2 heterocycles. The molecule has 3 atom stereocenters. The van der Waals surface area contributed by atoms with Crippen LogP contribution in [0.3, 0.4) is 0 Å². The van der Waals surface area contributed by atoms with Crippen molar-refractivity contribution in [3.8, 4) is 5.75 Å². The summed E-state index contributed by atoms with van der Waals surface area (Å²) in [6.07, 6.45) is -1.16. The summed E-state index contributed by atoms with van der Waals surface area (Å²) in [6, 6.07) is 6.14. The Morgan fingerprint density at radius 2 is 2.20 bits per heavy atom. The Kier molecular flexibility index (Phi) is 6.31. The predicted molar refractivity (Wildman–Crippen MR) is 106 cm³/mol. The van der Waals surface area contributed by atoms with E-state index in [0.29, 0.717) is 0 Å². The summed E-state index contributed by atoms with van der Waals surface area (Å²) >= 11 is 5.76. The summed E-state index contributed by atoms with van der Waals surface area (Å²) in [4.78, 5) is 6.85. The summed E-state index contributed by atoms with van der Waals surface area (Å²) < 4.78 is 46.5. The van der Waals surface area contributed by atoms with E-state index in [1.54, 1.807) is 6.92 Å². The first kappa shape index (κ1) is 22.4. The maximum absolute atomic E-state index is 13.9. The molecule has 1 aliphatic heterocycles. The van der Waals surface area contributed by atoms with Crippen molar-refractivity contribution in [1.82, 2.24) is 9.29 Å². The minimum Gasteiger partial charge on any atom is -0.486 e. The van der Waals surface area contributed by atoms with Crippen molar-refractivity contribution in [2.24, 2.45) is 0 Å². The van der Waals surface area contributed by atoms with Crippen LogP contribution in [0.1, 0.15) is 13.3 Å². The maximum atomic E-state index is 13.9. The molecule has 8 nitrogen and oxygen atoms in total. The lowest BCUT2D eigenvalue weighted by atomic mass is 9.91. The number of rotatable bonds is 6. The highest BCUT2D eigenvalue weighted by atomic mass is 35.5. The fraction of sp³-hybridized carbons (Fsp3) is 0.368. The van der Waals surface area contributed by atoms with E-state index in [0.717, 1.165) is 10.4 Å². The Hall–Kier alpha value is -2.29. The largest absolute Gasteiger partial charge is 0.486 e. The molecule has 0 aliphatic carbocycles. The molecule has 1 saturated heterocycles. The van der Waals surface area contributed by atoms with Gasteiger partial charge in [-0.25, -0.2) is 22.6 Å². The van der Waals surface area contributed by atoms with Gasteiger partial charge in [0.1, 0.15) is 23.3 Å². The molecule has 3 rings (SSSR count). The second-order valence-corrected chi connectivity index (χ2v) is 9.18. The van der Waals surface area contributed by atoms with Crippen LogP contribution < -0.4 is 4.74 Å². The molecular weight excluding hydrogens is 437 g/mol. The second-order valence-electron chi connectivity index (χ2n) is 6.86. The van der Waals surface area contributed by atoms with Gasteiger partial charge in [0, 0.05) is 18.8 Å². The fourth-order valence-corrected chi connectivity index (χ4v) is 4.76. The zero-order valence-electron chi connectivity index (χ0n) is 15.9. The van der Waals surface area contributed by atoms with Gasteiger partial charge in [0.25, 0.3) is 10.0 Å². The number of sulfonamides is 1.